The summed E-state index contributed by atoms with van der Waals surface area (Å²) in [6, 6.07) is 23.7. The Balaban J connectivity index is 1.54. The van der Waals surface area contributed by atoms with E-state index in [1.807, 2.05) is 72.8 Å². The number of rotatable bonds is 8. The van der Waals surface area contributed by atoms with Crippen LogP contribution in [0.2, 0.25) is 0 Å². The summed E-state index contributed by atoms with van der Waals surface area (Å²) in [5, 5.41) is 6.63. The van der Waals surface area contributed by atoms with Gasteiger partial charge in [-0.25, -0.2) is 4.98 Å². The van der Waals surface area contributed by atoms with Gasteiger partial charge in [-0.3, -0.25) is 0 Å². The van der Waals surface area contributed by atoms with Gasteiger partial charge in [0.05, 0.1) is 25.6 Å². The second kappa shape index (κ2) is 8.93. The van der Waals surface area contributed by atoms with Gasteiger partial charge in [-0.2, -0.15) is 4.98 Å². The van der Waals surface area contributed by atoms with E-state index in [9.17, 15) is 0 Å². The topological polar surface area (TPSA) is 72.2 Å². The quantitative estimate of drug-likeness (QED) is 0.445. The molecule has 0 saturated heterocycles. The average molecular weight is 386 g/mol. The first kappa shape index (κ1) is 18.6. The molecule has 0 atom stereocenters. The van der Waals surface area contributed by atoms with Crippen LogP contribution in [0.1, 0.15) is 11.3 Å². The molecule has 2 heterocycles. The van der Waals surface area contributed by atoms with Gasteiger partial charge in [-0.15, -0.1) is 0 Å². The van der Waals surface area contributed by atoms with Gasteiger partial charge in [0, 0.05) is 18.2 Å². The van der Waals surface area contributed by atoms with Crippen LogP contribution in [0, 0.1) is 0 Å². The second-order valence-corrected chi connectivity index (χ2v) is 6.46. The Morgan fingerprint density at radius 3 is 2.41 bits per heavy atom. The number of nitrogens with one attached hydrogen (secondary N) is 2. The van der Waals surface area contributed by atoms with E-state index in [2.05, 4.69) is 20.6 Å². The Kier molecular flexibility index (Phi) is 5.71. The van der Waals surface area contributed by atoms with Gasteiger partial charge < -0.3 is 19.8 Å². The average Bonchev–Trinajstić information content (AvgIpc) is 3.31. The Labute approximate surface area is 169 Å². The molecule has 0 radical (unpaired) electrons. The van der Waals surface area contributed by atoms with Crippen molar-refractivity contribution < 1.29 is 9.15 Å². The van der Waals surface area contributed by atoms with Crippen molar-refractivity contribution in [2.24, 2.45) is 0 Å². The van der Waals surface area contributed by atoms with Crippen LogP contribution >= 0.6 is 0 Å². The van der Waals surface area contributed by atoms with E-state index >= 15 is 0 Å². The molecule has 2 aromatic heterocycles. The fraction of sp³-hybridized carbons (Fsp3) is 0.130. The predicted octanol–water partition coefficient (Wildman–Crippen LogP) is 4.97. The third-order valence-electron chi connectivity index (χ3n) is 4.43. The molecule has 6 nitrogen and oxygen atoms in total. The van der Waals surface area contributed by atoms with Crippen LogP contribution in [0.25, 0.3) is 11.3 Å². The van der Waals surface area contributed by atoms with Crippen LogP contribution in [0.4, 0.5) is 11.8 Å². The lowest BCUT2D eigenvalue weighted by molar-refractivity contribution is 0.414. The number of anilines is 2. The minimum atomic E-state index is 0.552. The maximum Gasteiger partial charge on any atom is 0.225 e. The molecule has 0 amide bonds. The molecule has 0 bridgehead atoms. The van der Waals surface area contributed by atoms with Gasteiger partial charge in [-0.1, -0.05) is 42.5 Å². The van der Waals surface area contributed by atoms with Crippen molar-refractivity contribution in [1.29, 1.82) is 0 Å². The largest absolute Gasteiger partial charge is 0.497 e. The highest BCUT2D eigenvalue weighted by atomic mass is 16.5. The fourth-order valence-electron chi connectivity index (χ4n) is 2.89. The molecule has 6 heteroatoms. The Morgan fingerprint density at radius 2 is 1.69 bits per heavy atom. The third-order valence-corrected chi connectivity index (χ3v) is 4.43. The molecular formula is C23H22N4O2. The summed E-state index contributed by atoms with van der Waals surface area (Å²) < 4.78 is 10.6. The van der Waals surface area contributed by atoms with E-state index in [-0.39, 0.29) is 0 Å². The van der Waals surface area contributed by atoms with Crippen molar-refractivity contribution in [1.82, 2.24) is 9.97 Å². The zero-order valence-corrected chi connectivity index (χ0v) is 16.1. The molecule has 29 heavy (non-hydrogen) atoms. The summed E-state index contributed by atoms with van der Waals surface area (Å²) in [4.78, 5) is 9.29. The zero-order valence-electron chi connectivity index (χ0n) is 16.1. The number of benzene rings is 2. The summed E-state index contributed by atoms with van der Waals surface area (Å²) in [6.07, 6.45) is 1.66. The molecule has 4 aromatic rings. The predicted molar refractivity (Wildman–Crippen MR) is 114 cm³/mol. The number of methoxy groups -OCH3 is 1. The van der Waals surface area contributed by atoms with Crippen LogP contribution < -0.4 is 15.4 Å². The first-order valence-electron chi connectivity index (χ1n) is 9.38. The highest BCUT2D eigenvalue weighted by Crippen LogP contribution is 2.22. The van der Waals surface area contributed by atoms with Crippen molar-refractivity contribution in [3.63, 3.8) is 0 Å². The van der Waals surface area contributed by atoms with E-state index in [1.165, 1.54) is 0 Å². The molecule has 146 valence electrons. The smallest absolute Gasteiger partial charge is 0.225 e. The zero-order chi connectivity index (χ0) is 19.9. The molecule has 4 rings (SSSR count). The standard InChI is InChI=1S/C23H22N4O2/c1-28-19-11-9-17(10-12-19)15-25-23-26-21(18-6-3-2-4-7-18)14-22(27-23)24-16-20-8-5-13-29-20/h2-14H,15-16H2,1H3,(H2,24,25,26,27). The number of hydrogen-bond donors (Lipinski definition) is 2. The number of hydrogen-bond acceptors (Lipinski definition) is 6. The first-order valence-corrected chi connectivity index (χ1v) is 9.38. The summed E-state index contributed by atoms with van der Waals surface area (Å²) in [5.74, 6) is 2.97. The van der Waals surface area contributed by atoms with Crippen LogP contribution in [0.15, 0.2) is 83.5 Å². The van der Waals surface area contributed by atoms with Gasteiger partial charge in [0.2, 0.25) is 5.95 Å². The Morgan fingerprint density at radius 1 is 0.862 bits per heavy atom. The molecule has 0 unspecified atom stereocenters. The molecule has 2 N–H and O–H groups in total. The van der Waals surface area contributed by atoms with E-state index < -0.39 is 0 Å². The Bertz CT molecular complexity index is 1030. The van der Waals surface area contributed by atoms with Gasteiger partial charge in [0.1, 0.15) is 17.3 Å². The van der Waals surface area contributed by atoms with Gasteiger partial charge in [-0.05, 0) is 29.8 Å². The van der Waals surface area contributed by atoms with Crippen molar-refractivity contribution in [2.45, 2.75) is 13.1 Å². The molecule has 2 aromatic carbocycles. The highest BCUT2D eigenvalue weighted by molar-refractivity contribution is 5.64. The van der Waals surface area contributed by atoms with Crippen molar-refractivity contribution in [3.05, 3.63) is 90.4 Å². The SMILES string of the molecule is COc1ccc(CNc2nc(NCc3ccco3)cc(-c3ccccc3)n2)cc1. The summed E-state index contributed by atoms with van der Waals surface area (Å²) >= 11 is 0. The number of furan rings is 1. The second-order valence-electron chi connectivity index (χ2n) is 6.46. The first-order chi connectivity index (χ1) is 14.3. The molecular weight excluding hydrogens is 364 g/mol. The fourth-order valence-corrected chi connectivity index (χ4v) is 2.89. The lowest BCUT2D eigenvalue weighted by atomic mass is 10.1. The number of aromatic nitrogens is 2. The summed E-state index contributed by atoms with van der Waals surface area (Å²) in [6.45, 7) is 1.16. The Hall–Kier alpha value is -3.80. The van der Waals surface area contributed by atoms with E-state index in [1.54, 1.807) is 13.4 Å². The minimum absolute atomic E-state index is 0.552. The third kappa shape index (κ3) is 4.93. The molecule has 0 saturated carbocycles. The van der Waals surface area contributed by atoms with Crippen molar-refractivity contribution >= 4 is 11.8 Å². The molecule has 0 aliphatic heterocycles. The van der Waals surface area contributed by atoms with E-state index in [0.29, 0.717) is 19.0 Å². The number of nitrogens with zero attached hydrogens (tertiary/aromatic N) is 2. The molecule has 0 aliphatic carbocycles. The van der Waals surface area contributed by atoms with Crippen LogP contribution in [0.3, 0.4) is 0 Å². The van der Waals surface area contributed by atoms with Crippen LogP contribution in [0.5, 0.6) is 5.75 Å². The molecule has 0 fully saturated rings. The van der Waals surface area contributed by atoms with Crippen molar-refractivity contribution in [3.8, 4) is 17.0 Å². The highest BCUT2D eigenvalue weighted by Gasteiger charge is 2.08. The van der Waals surface area contributed by atoms with Crippen LogP contribution in [-0.4, -0.2) is 17.1 Å². The van der Waals surface area contributed by atoms with Gasteiger partial charge in [0.15, 0.2) is 0 Å². The number of ether oxygens (including phenoxy) is 1. The minimum Gasteiger partial charge on any atom is -0.497 e. The molecule has 0 spiro atoms. The monoisotopic (exact) mass is 386 g/mol. The van der Waals surface area contributed by atoms with Crippen molar-refractivity contribution in [2.75, 3.05) is 17.7 Å². The van der Waals surface area contributed by atoms with E-state index in [4.69, 9.17) is 9.15 Å². The maximum absolute atomic E-state index is 5.39. The lowest BCUT2D eigenvalue weighted by Crippen LogP contribution is -2.08. The lowest BCUT2D eigenvalue weighted by Gasteiger charge is -2.11. The van der Waals surface area contributed by atoms with Crippen LogP contribution in [-0.2, 0) is 13.1 Å². The normalized spacial score (nSPS) is 10.5. The van der Waals surface area contributed by atoms with Gasteiger partial charge >= 0.3 is 0 Å². The van der Waals surface area contributed by atoms with E-state index in [0.717, 1.165) is 34.1 Å². The summed E-state index contributed by atoms with van der Waals surface area (Å²) in [7, 11) is 1.66. The van der Waals surface area contributed by atoms with Gasteiger partial charge in [0.25, 0.3) is 0 Å². The molecule has 0 aliphatic rings. The summed E-state index contributed by atoms with van der Waals surface area (Å²) in [5.41, 5.74) is 2.99. The maximum atomic E-state index is 5.39.